The molecule has 0 bridgehead atoms. The lowest BCUT2D eigenvalue weighted by molar-refractivity contribution is -0.161. The van der Waals surface area contributed by atoms with Crippen LogP contribution in [0.2, 0.25) is 0 Å². The number of esters is 4. The number of phosphoric acid groups is 2. The summed E-state index contributed by atoms with van der Waals surface area (Å²) in [6.45, 7) is 11.9. The molecule has 4 unspecified atom stereocenters. The molecular weight excluding hydrogens is 1250 g/mol. The monoisotopic (exact) mass is 1400 g/mol. The Labute approximate surface area is 581 Å². The van der Waals surface area contributed by atoms with Gasteiger partial charge in [0.05, 0.1) is 26.4 Å². The van der Waals surface area contributed by atoms with Crippen LogP contribution in [0.3, 0.4) is 0 Å². The maximum absolute atomic E-state index is 13.1. The van der Waals surface area contributed by atoms with Crippen molar-refractivity contribution in [1.82, 2.24) is 0 Å². The molecule has 0 amide bonds. The summed E-state index contributed by atoms with van der Waals surface area (Å²) < 4.78 is 68.4. The molecule has 95 heavy (non-hydrogen) atoms. The maximum atomic E-state index is 13.1. The minimum atomic E-state index is -4.96. The molecule has 0 saturated carbocycles. The van der Waals surface area contributed by atoms with E-state index in [-0.39, 0.29) is 25.7 Å². The van der Waals surface area contributed by atoms with Crippen LogP contribution in [0, 0.1) is 17.8 Å². The summed E-state index contributed by atoms with van der Waals surface area (Å²) in [5, 5.41) is 10.6. The Morgan fingerprint density at radius 1 is 0.305 bits per heavy atom. The van der Waals surface area contributed by atoms with Crippen LogP contribution in [0.1, 0.15) is 389 Å². The van der Waals surface area contributed by atoms with E-state index in [1.54, 1.807) is 0 Å². The Balaban J connectivity index is 5.18. The van der Waals surface area contributed by atoms with Gasteiger partial charge in [0.15, 0.2) is 12.2 Å². The molecule has 0 aromatic rings. The second-order valence-electron chi connectivity index (χ2n) is 28.4. The van der Waals surface area contributed by atoms with E-state index >= 15 is 0 Å². The van der Waals surface area contributed by atoms with Crippen LogP contribution in [-0.4, -0.2) is 96.7 Å². The average Bonchev–Trinajstić information content (AvgIpc) is 1.44. The highest BCUT2D eigenvalue weighted by Gasteiger charge is 2.30. The Kier molecular flexibility index (Phi) is 65.2. The number of phosphoric ester groups is 2. The number of hydrogen-bond acceptors (Lipinski definition) is 15. The van der Waals surface area contributed by atoms with Crippen LogP contribution in [-0.2, 0) is 65.4 Å². The van der Waals surface area contributed by atoms with E-state index in [2.05, 4.69) is 48.5 Å². The Morgan fingerprint density at radius 2 is 0.537 bits per heavy atom. The smallest absolute Gasteiger partial charge is 0.462 e. The van der Waals surface area contributed by atoms with E-state index in [9.17, 15) is 43.2 Å². The summed E-state index contributed by atoms with van der Waals surface area (Å²) in [7, 11) is -9.91. The van der Waals surface area contributed by atoms with E-state index in [1.165, 1.54) is 199 Å². The predicted octanol–water partition coefficient (Wildman–Crippen LogP) is 22.2. The van der Waals surface area contributed by atoms with Crippen molar-refractivity contribution < 1.29 is 80.2 Å². The SMILES string of the molecule is CCCCCCCCCCCCC(=O)OC[C@H](COP(=O)(O)OC[C@H](O)COP(=O)(O)OC[C@@H](COC(=O)CCCCCCCCCCCCC(C)C)OC(=O)CCCCCCCCCCCCCCCCCCCCC(C)CC)OC(=O)CCCCCCCCC(C)CC. The van der Waals surface area contributed by atoms with Crippen molar-refractivity contribution in [2.75, 3.05) is 39.6 Å². The molecular formula is C76H148O17P2. The molecule has 0 aromatic carbocycles. The number of carbonyl (C=O) groups is 4. The van der Waals surface area contributed by atoms with E-state index in [0.29, 0.717) is 25.7 Å². The lowest BCUT2D eigenvalue weighted by atomic mass is 9.99. The number of carbonyl (C=O) groups excluding carboxylic acids is 4. The van der Waals surface area contributed by atoms with Crippen LogP contribution in [0.25, 0.3) is 0 Å². The molecule has 0 spiro atoms. The molecule has 0 aliphatic heterocycles. The summed E-state index contributed by atoms with van der Waals surface area (Å²) in [5.41, 5.74) is 0. The van der Waals surface area contributed by atoms with Crippen molar-refractivity contribution in [3.05, 3.63) is 0 Å². The van der Waals surface area contributed by atoms with Gasteiger partial charge >= 0.3 is 39.5 Å². The number of rotatable bonds is 74. The average molecular weight is 1400 g/mol. The molecule has 19 heteroatoms. The topological polar surface area (TPSA) is 237 Å². The predicted molar refractivity (Wildman–Crippen MR) is 386 cm³/mol. The fraction of sp³-hybridized carbons (Fsp3) is 0.947. The standard InChI is InChI=1S/C76H148O17P2/c1-8-11-12-13-14-15-30-35-43-50-57-73(78)87-64-72(93-76(81)60-53-46-39-38-42-49-56-69(7)10-3)66-91-95(84,85)89-62-70(77)61-88-94(82,83)90-65-71(63-86-74(79)58-51-44-36-31-27-26-28-33-40-47-54-67(4)5)92-75(80)59-52-45-37-32-25-23-21-19-17-16-18-20-22-24-29-34-41-48-55-68(6)9-2/h67-72,77H,8-66H2,1-7H3,(H,82,83)(H,84,85)/t68?,69?,70-,71-,72-/m1/s1. The lowest BCUT2D eigenvalue weighted by Crippen LogP contribution is -2.30. The van der Waals surface area contributed by atoms with Gasteiger partial charge in [0.2, 0.25) is 0 Å². The third-order valence-electron chi connectivity index (χ3n) is 18.4. The van der Waals surface area contributed by atoms with Crippen LogP contribution >= 0.6 is 15.6 Å². The van der Waals surface area contributed by atoms with Gasteiger partial charge in [-0.2, -0.15) is 0 Å². The van der Waals surface area contributed by atoms with Crippen molar-refractivity contribution >= 4 is 39.5 Å². The minimum absolute atomic E-state index is 0.103. The third-order valence-corrected chi connectivity index (χ3v) is 20.3. The molecule has 0 fully saturated rings. The van der Waals surface area contributed by atoms with E-state index in [4.69, 9.17) is 37.0 Å². The maximum Gasteiger partial charge on any atom is 0.472 e. The molecule has 0 aliphatic carbocycles. The molecule has 7 atom stereocenters. The number of aliphatic hydroxyl groups is 1. The van der Waals surface area contributed by atoms with Gasteiger partial charge in [-0.3, -0.25) is 37.3 Å². The third kappa shape index (κ3) is 67.6. The fourth-order valence-electron chi connectivity index (χ4n) is 11.5. The molecule has 0 heterocycles. The first-order valence-corrected chi connectivity index (χ1v) is 42.4. The normalized spacial score (nSPS) is 14.6. The van der Waals surface area contributed by atoms with Crippen molar-refractivity contribution in [3.63, 3.8) is 0 Å². The summed E-state index contributed by atoms with van der Waals surface area (Å²) in [5.74, 6) is 0.228. The van der Waals surface area contributed by atoms with E-state index in [0.717, 1.165) is 108 Å². The Hall–Kier alpha value is -1.94. The van der Waals surface area contributed by atoms with Crippen LogP contribution in [0.5, 0.6) is 0 Å². The quantitative estimate of drug-likeness (QED) is 0.0222. The first-order valence-electron chi connectivity index (χ1n) is 39.4. The zero-order valence-electron chi connectivity index (χ0n) is 62.1. The van der Waals surface area contributed by atoms with Gasteiger partial charge < -0.3 is 33.8 Å². The Bertz CT molecular complexity index is 1860. The molecule has 0 aromatic heterocycles. The number of unbranched alkanes of at least 4 members (excludes halogenated alkanes) is 40. The van der Waals surface area contributed by atoms with Crippen LogP contribution < -0.4 is 0 Å². The van der Waals surface area contributed by atoms with Crippen molar-refractivity contribution in [2.45, 2.75) is 407 Å². The second-order valence-corrected chi connectivity index (χ2v) is 31.3. The van der Waals surface area contributed by atoms with Gasteiger partial charge in [0.25, 0.3) is 0 Å². The first-order chi connectivity index (χ1) is 45.8. The van der Waals surface area contributed by atoms with Crippen LogP contribution in [0.15, 0.2) is 0 Å². The Morgan fingerprint density at radius 3 is 0.800 bits per heavy atom. The fourth-order valence-corrected chi connectivity index (χ4v) is 13.1. The highest BCUT2D eigenvalue weighted by molar-refractivity contribution is 7.47. The number of aliphatic hydroxyl groups excluding tert-OH is 1. The molecule has 0 aliphatic rings. The zero-order chi connectivity index (χ0) is 70.1. The van der Waals surface area contributed by atoms with Gasteiger partial charge in [-0.15, -0.1) is 0 Å². The molecule has 0 rings (SSSR count). The highest BCUT2D eigenvalue weighted by Crippen LogP contribution is 2.45. The summed E-state index contributed by atoms with van der Waals surface area (Å²) in [4.78, 5) is 72.7. The largest absolute Gasteiger partial charge is 0.472 e. The lowest BCUT2D eigenvalue weighted by Gasteiger charge is -2.21. The van der Waals surface area contributed by atoms with Gasteiger partial charge in [-0.1, -0.05) is 337 Å². The van der Waals surface area contributed by atoms with Crippen LogP contribution in [0.4, 0.5) is 0 Å². The van der Waals surface area contributed by atoms with Gasteiger partial charge in [-0.25, -0.2) is 9.13 Å². The molecule has 3 N–H and O–H groups in total. The molecule has 0 saturated heterocycles. The van der Waals surface area contributed by atoms with Gasteiger partial charge in [0.1, 0.15) is 19.3 Å². The van der Waals surface area contributed by atoms with E-state index in [1.807, 2.05) is 0 Å². The number of ether oxygens (including phenoxy) is 4. The first kappa shape index (κ1) is 93.1. The van der Waals surface area contributed by atoms with Gasteiger partial charge in [0, 0.05) is 25.7 Å². The second kappa shape index (κ2) is 66.6. The zero-order valence-corrected chi connectivity index (χ0v) is 63.9. The van der Waals surface area contributed by atoms with Gasteiger partial charge in [-0.05, 0) is 43.4 Å². The number of hydrogen-bond donors (Lipinski definition) is 3. The summed E-state index contributed by atoms with van der Waals surface area (Å²) >= 11 is 0. The molecule has 17 nitrogen and oxygen atoms in total. The van der Waals surface area contributed by atoms with Crippen molar-refractivity contribution in [3.8, 4) is 0 Å². The van der Waals surface area contributed by atoms with Crippen molar-refractivity contribution in [1.29, 1.82) is 0 Å². The van der Waals surface area contributed by atoms with E-state index < -0.39 is 97.5 Å². The highest BCUT2D eigenvalue weighted by atomic mass is 31.2. The minimum Gasteiger partial charge on any atom is -0.462 e. The van der Waals surface area contributed by atoms with Crippen molar-refractivity contribution in [2.24, 2.45) is 17.8 Å². The summed E-state index contributed by atoms with van der Waals surface area (Å²) in [6.07, 6.45) is 52.8. The molecule has 0 radical (unpaired) electrons. The summed E-state index contributed by atoms with van der Waals surface area (Å²) in [6, 6.07) is 0. The molecule has 564 valence electrons.